The summed E-state index contributed by atoms with van der Waals surface area (Å²) in [5, 5.41) is 19.8. The molecule has 0 radical (unpaired) electrons. The van der Waals surface area contributed by atoms with Crippen molar-refractivity contribution in [2.75, 3.05) is 0 Å². The molecule has 2 N–H and O–H groups in total. The number of nitrogens with zero attached hydrogens (tertiary/aromatic N) is 2. The molecule has 1 aliphatic rings. The first-order valence-corrected chi connectivity index (χ1v) is 20.6. The molecule has 9 aromatic carbocycles. The molecule has 0 atom stereocenters. The molecule has 10 aromatic rings. The lowest BCUT2D eigenvalue weighted by atomic mass is 9.84. The average molecular weight is 779 g/mol. The third kappa shape index (κ3) is 6.39. The second kappa shape index (κ2) is 15.2. The van der Waals surface area contributed by atoms with Crippen LogP contribution in [-0.4, -0.2) is 16.2 Å². The van der Waals surface area contributed by atoms with Crippen molar-refractivity contribution in [2.45, 2.75) is 0 Å². The molecule has 286 valence electrons. The minimum absolute atomic E-state index is 0.680. The Morgan fingerprint density at radius 2 is 0.869 bits per heavy atom. The Morgan fingerprint density at radius 1 is 0.393 bits per heavy atom. The zero-order valence-corrected chi connectivity index (χ0v) is 33.2. The van der Waals surface area contributed by atoms with E-state index in [9.17, 15) is 0 Å². The van der Waals surface area contributed by atoms with Crippen molar-refractivity contribution in [1.29, 1.82) is 5.41 Å². The fourth-order valence-corrected chi connectivity index (χ4v) is 8.89. The standard InChI is InChI=1S/C57H38N4/c58-36-51(37-16-4-1-5-17-37)56-49-27-15-14-26-48(49)54(55(61-56)40-18-6-2-7-19-40)39-30-28-38(29-31-39)52-35-53(60-57(59-52)41-20-8-3-9-21-41)42-32-33-47-45-24-11-10-22-43(45)44-23-12-13-25-46(44)50(47)34-42/h1-36,58,61H/b56-51+,58-36?. The van der Waals surface area contributed by atoms with Crippen LogP contribution in [0.15, 0.2) is 212 Å². The van der Waals surface area contributed by atoms with Crippen LogP contribution in [0, 0.1) is 5.41 Å². The number of fused-ring (bicyclic) bond motifs is 7. The first-order valence-electron chi connectivity index (χ1n) is 20.6. The van der Waals surface area contributed by atoms with Gasteiger partial charge >= 0.3 is 0 Å². The first kappa shape index (κ1) is 35.9. The Bertz CT molecular complexity index is 3330. The molecule has 4 heteroatoms. The van der Waals surface area contributed by atoms with Crippen LogP contribution < -0.4 is 5.32 Å². The van der Waals surface area contributed by atoms with E-state index < -0.39 is 0 Å². The van der Waals surface area contributed by atoms with E-state index in [2.05, 4.69) is 175 Å². The van der Waals surface area contributed by atoms with Gasteiger partial charge in [0.2, 0.25) is 0 Å². The molecule has 61 heavy (non-hydrogen) atoms. The number of nitrogens with one attached hydrogen (secondary N) is 2. The molecular weight excluding hydrogens is 741 g/mol. The summed E-state index contributed by atoms with van der Waals surface area (Å²) in [5.74, 6) is 0.680. The van der Waals surface area contributed by atoms with Crippen molar-refractivity contribution in [3.8, 4) is 33.9 Å². The van der Waals surface area contributed by atoms with Gasteiger partial charge in [0.05, 0.1) is 22.8 Å². The second-order valence-electron chi connectivity index (χ2n) is 15.3. The lowest BCUT2D eigenvalue weighted by molar-refractivity contribution is 1.18. The quantitative estimate of drug-likeness (QED) is 0.125. The SMILES string of the molecule is N=C/C(=C1\NC(c2ccccc2)=C(c2ccc(-c3cc(-c4ccc5c6ccccc6c6ccccc6c5c4)nc(-c4ccccc4)n3)cc2)c2ccccc21)c1ccccc1. The van der Waals surface area contributed by atoms with Gasteiger partial charge in [-0.15, -0.1) is 0 Å². The zero-order valence-electron chi connectivity index (χ0n) is 33.2. The number of benzene rings is 9. The molecule has 1 aliphatic heterocycles. The van der Waals surface area contributed by atoms with E-state index in [4.69, 9.17) is 15.4 Å². The Balaban J connectivity index is 1.06. The van der Waals surface area contributed by atoms with Crippen molar-refractivity contribution >= 4 is 61.1 Å². The molecule has 1 aromatic heterocycles. The van der Waals surface area contributed by atoms with Crippen LogP contribution >= 0.6 is 0 Å². The lowest BCUT2D eigenvalue weighted by Crippen LogP contribution is -2.21. The van der Waals surface area contributed by atoms with E-state index in [1.54, 1.807) is 0 Å². The van der Waals surface area contributed by atoms with Crippen LogP contribution in [-0.2, 0) is 0 Å². The molecule has 0 amide bonds. The maximum absolute atomic E-state index is 8.55. The van der Waals surface area contributed by atoms with E-state index in [0.717, 1.165) is 78.4 Å². The predicted octanol–water partition coefficient (Wildman–Crippen LogP) is 14.0. The maximum atomic E-state index is 8.55. The minimum atomic E-state index is 0.680. The Labute approximate surface area is 354 Å². The summed E-state index contributed by atoms with van der Waals surface area (Å²) in [7, 11) is 0. The summed E-state index contributed by atoms with van der Waals surface area (Å²) in [6.07, 6.45) is 1.46. The third-order valence-electron chi connectivity index (χ3n) is 11.8. The van der Waals surface area contributed by atoms with Crippen LogP contribution in [0.1, 0.15) is 27.8 Å². The van der Waals surface area contributed by atoms with E-state index >= 15 is 0 Å². The van der Waals surface area contributed by atoms with E-state index in [1.165, 1.54) is 38.5 Å². The Kier molecular flexibility index (Phi) is 8.94. The minimum Gasteiger partial charge on any atom is -0.353 e. The van der Waals surface area contributed by atoms with E-state index in [0.29, 0.717) is 5.82 Å². The Morgan fingerprint density at radius 3 is 1.49 bits per heavy atom. The van der Waals surface area contributed by atoms with Crippen molar-refractivity contribution in [2.24, 2.45) is 0 Å². The number of hydrogen-bond acceptors (Lipinski definition) is 4. The molecule has 0 saturated carbocycles. The number of allylic oxidation sites excluding steroid dienone is 1. The number of aromatic nitrogens is 2. The largest absolute Gasteiger partial charge is 0.353 e. The summed E-state index contributed by atoms with van der Waals surface area (Å²) in [4.78, 5) is 10.4. The van der Waals surface area contributed by atoms with Crippen molar-refractivity contribution in [3.05, 3.63) is 240 Å². The molecule has 4 nitrogen and oxygen atoms in total. The van der Waals surface area contributed by atoms with E-state index in [-0.39, 0.29) is 0 Å². The second-order valence-corrected chi connectivity index (χ2v) is 15.3. The van der Waals surface area contributed by atoms with Gasteiger partial charge < -0.3 is 10.7 Å². The summed E-state index contributed by atoms with van der Waals surface area (Å²) >= 11 is 0. The fourth-order valence-electron chi connectivity index (χ4n) is 8.89. The highest BCUT2D eigenvalue weighted by atomic mass is 14.9. The van der Waals surface area contributed by atoms with Gasteiger partial charge in [-0.2, -0.15) is 0 Å². The van der Waals surface area contributed by atoms with Crippen molar-refractivity contribution < 1.29 is 0 Å². The fraction of sp³-hybridized carbons (Fsp3) is 0. The number of rotatable bonds is 7. The van der Waals surface area contributed by atoms with Gasteiger partial charge in [-0.05, 0) is 66.7 Å². The van der Waals surface area contributed by atoms with Crippen LogP contribution in [0.4, 0.5) is 0 Å². The monoisotopic (exact) mass is 778 g/mol. The molecule has 0 spiro atoms. The third-order valence-corrected chi connectivity index (χ3v) is 11.8. The molecule has 0 unspecified atom stereocenters. The Hall–Kier alpha value is -8.21. The van der Waals surface area contributed by atoms with Gasteiger partial charge in [-0.1, -0.05) is 200 Å². The van der Waals surface area contributed by atoms with Crippen LogP contribution in [0.3, 0.4) is 0 Å². The van der Waals surface area contributed by atoms with Gasteiger partial charge in [0.15, 0.2) is 5.82 Å². The van der Waals surface area contributed by atoms with Crippen LogP contribution in [0.25, 0.3) is 88.8 Å². The molecule has 0 aliphatic carbocycles. The zero-order chi connectivity index (χ0) is 40.7. The molecule has 0 saturated heterocycles. The van der Waals surface area contributed by atoms with Crippen molar-refractivity contribution in [1.82, 2.24) is 15.3 Å². The normalized spacial score (nSPS) is 13.2. The summed E-state index contributed by atoms with van der Waals surface area (Å²) in [5.41, 5.74) is 13.8. The molecule has 0 fully saturated rings. The summed E-state index contributed by atoms with van der Waals surface area (Å²) in [6.45, 7) is 0. The molecule has 2 heterocycles. The molecule has 11 rings (SSSR count). The van der Waals surface area contributed by atoms with Crippen LogP contribution in [0.2, 0.25) is 0 Å². The average Bonchev–Trinajstić information content (AvgIpc) is 3.35. The highest BCUT2D eigenvalue weighted by Crippen LogP contribution is 2.43. The van der Waals surface area contributed by atoms with Crippen molar-refractivity contribution in [3.63, 3.8) is 0 Å². The van der Waals surface area contributed by atoms with Crippen LogP contribution in [0.5, 0.6) is 0 Å². The smallest absolute Gasteiger partial charge is 0.160 e. The molecular formula is C57H38N4. The number of hydrogen-bond donors (Lipinski definition) is 2. The van der Waals surface area contributed by atoms with E-state index in [1.807, 2.05) is 42.5 Å². The first-order chi connectivity index (χ1) is 30.2. The maximum Gasteiger partial charge on any atom is 0.160 e. The van der Waals surface area contributed by atoms with Gasteiger partial charge in [0.1, 0.15) is 0 Å². The van der Waals surface area contributed by atoms with Gasteiger partial charge in [-0.3, -0.25) is 0 Å². The topological polar surface area (TPSA) is 61.7 Å². The van der Waals surface area contributed by atoms with Gasteiger partial charge in [0, 0.05) is 39.6 Å². The predicted molar refractivity (Wildman–Crippen MR) is 255 cm³/mol. The highest BCUT2D eigenvalue weighted by Gasteiger charge is 2.26. The van der Waals surface area contributed by atoms with Gasteiger partial charge in [-0.25, -0.2) is 9.97 Å². The summed E-state index contributed by atoms with van der Waals surface area (Å²) < 4.78 is 0. The highest BCUT2D eigenvalue weighted by molar-refractivity contribution is 6.26. The summed E-state index contributed by atoms with van der Waals surface area (Å²) in [6, 6.07) is 74.3. The molecule has 0 bridgehead atoms. The van der Waals surface area contributed by atoms with Gasteiger partial charge in [0.25, 0.3) is 0 Å². The lowest BCUT2D eigenvalue weighted by Gasteiger charge is -2.29.